The third kappa shape index (κ3) is 2.25. The minimum atomic E-state index is -0.487. The molecule has 4 atom stereocenters. The van der Waals surface area contributed by atoms with Crippen LogP contribution in [0.4, 0.5) is 11.4 Å². The summed E-state index contributed by atoms with van der Waals surface area (Å²) in [5.41, 5.74) is 3.19. The number of benzene rings is 1. The molecule has 2 amide bonds. The number of fused-ring (bicyclic) bond motifs is 5. The highest BCUT2D eigenvalue weighted by Crippen LogP contribution is 2.58. The lowest BCUT2D eigenvalue weighted by molar-refractivity contribution is -0.384. The summed E-state index contributed by atoms with van der Waals surface area (Å²) in [5.74, 6) is -0.853. The zero-order chi connectivity index (χ0) is 18.7. The van der Waals surface area contributed by atoms with Crippen molar-refractivity contribution < 1.29 is 14.5 Å². The van der Waals surface area contributed by atoms with Crippen molar-refractivity contribution in [1.82, 2.24) is 0 Å². The van der Waals surface area contributed by atoms with Crippen molar-refractivity contribution in [3.05, 3.63) is 57.7 Å². The highest BCUT2D eigenvalue weighted by molar-refractivity contribution is 6.23. The lowest BCUT2D eigenvalue weighted by Crippen LogP contribution is -2.33. The van der Waals surface area contributed by atoms with Crippen molar-refractivity contribution in [2.24, 2.45) is 23.7 Å². The van der Waals surface area contributed by atoms with Gasteiger partial charge in [0.05, 0.1) is 22.4 Å². The van der Waals surface area contributed by atoms with E-state index in [1.54, 1.807) is 0 Å². The average Bonchev–Trinajstić information content (AvgIpc) is 3.32. The lowest BCUT2D eigenvalue weighted by atomic mass is 9.85. The quantitative estimate of drug-likeness (QED) is 0.346. The normalized spacial score (nSPS) is 31.8. The van der Waals surface area contributed by atoms with Gasteiger partial charge in [0.25, 0.3) is 5.69 Å². The lowest BCUT2D eigenvalue weighted by Gasteiger charge is -2.23. The fourth-order valence-corrected chi connectivity index (χ4v) is 5.48. The first-order valence-corrected chi connectivity index (χ1v) is 9.60. The van der Waals surface area contributed by atoms with E-state index in [0.29, 0.717) is 5.69 Å². The summed E-state index contributed by atoms with van der Waals surface area (Å²) in [6.45, 7) is 0. The molecule has 5 rings (SSSR count). The summed E-state index contributed by atoms with van der Waals surface area (Å²) in [4.78, 5) is 37.9. The molecule has 1 heterocycles. The standard InChI is InChI=1S/C21H20N2O4/c24-20-18-15-10-11-16(17(15)12-4-2-1-3-5-12)19(18)21(25)22(20)13-6-8-14(9-7-13)23(26)27/h6-11,15-16,18-19H,1-5H2/t15-,16-,18-,19+/m0/s1. The Bertz CT molecular complexity index is 873. The van der Waals surface area contributed by atoms with Crippen molar-refractivity contribution >= 4 is 23.2 Å². The SMILES string of the molecule is O=C1[C@@H]2[C@H](C(=O)N1c1ccc([N+](=O)[O-])cc1)[C@H]1C=C[C@H]2C1=C1CCCCC1. The molecule has 4 aliphatic rings. The molecule has 138 valence electrons. The molecule has 0 N–H and O–H groups in total. The van der Waals surface area contributed by atoms with Gasteiger partial charge < -0.3 is 0 Å². The number of imide groups is 1. The monoisotopic (exact) mass is 364 g/mol. The van der Waals surface area contributed by atoms with Crippen LogP contribution in [0.3, 0.4) is 0 Å². The first-order valence-electron chi connectivity index (χ1n) is 9.60. The number of rotatable bonds is 2. The molecule has 1 aromatic carbocycles. The van der Waals surface area contributed by atoms with E-state index in [1.807, 2.05) is 0 Å². The van der Waals surface area contributed by atoms with Crippen molar-refractivity contribution in [1.29, 1.82) is 0 Å². The number of anilines is 1. The highest BCUT2D eigenvalue weighted by atomic mass is 16.6. The molecule has 6 heteroatoms. The second-order valence-electron chi connectivity index (χ2n) is 7.89. The van der Waals surface area contributed by atoms with Crippen LogP contribution in [0.25, 0.3) is 0 Å². The van der Waals surface area contributed by atoms with Gasteiger partial charge in [0.1, 0.15) is 0 Å². The van der Waals surface area contributed by atoms with Crippen molar-refractivity contribution in [2.45, 2.75) is 32.1 Å². The number of hydrogen-bond donors (Lipinski definition) is 0. The smallest absolute Gasteiger partial charge is 0.269 e. The maximum atomic E-state index is 13.1. The second kappa shape index (κ2) is 5.87. The van der Waals surface area contributed by atoms with E-state index in [9.17, 15) is 19.7 Å². The van der Waals surface area contributed by atoms with E-state index in [2.05, 4.69) is 12.2 Å². The Morgan fingerprint density at radius 3 is 1.96 bits per heavy atom. The Hall–Kier alpha value is -2.76. The maximum Gasteiger partial charge on any atom is 0.269 e. The number of nitro groups is 1. The van der Waals surface area contributed by atoms with Crippen LogP contribution in [0.15, 0.2) is 47.6 Å². The third-order valence-electron chi connectivity index (χ3n) is 6.60. The van der Waals surface area contributed by atoms with E-state index in [0.717, 1.165) is 12.8 Å². The number of hydrogen-bond acceptors (Lipinski definition) is 4. The van der Waals surface area contributed by atoms with Gasteiger partial charge in [-0.05, 0) is 37.8 Å². The summed E-state index contributed by atoms with van der Waals surface area (Å²) in [6.07, 6.45) is 10.1. The van der Waals surface area contributed by atoms with Gasteiger partial charge in [0, 0.05) is 24.0 Å². The zero-order valence-corrected chi connectivity index (χ0v) is 14.8. The van der Waals surface area contributed by atoms with Gasteiger partial charge >= 0.3 is 0 Å². The predicted molar refractivity (Wildman–Crippen MR) is 98.8 cm³/mol. The largest absolute Gasteiger partial charge is 0.274 e. The summed E-state index contributed by atoms with van der Waals surface area (Å²) < 4.78 is 0. The van der Waals surface area contributed by atoms with Crippen LogP contribution in [0.1, 0.15) is 32.1 Å². The van der Waals surface area contributed by atoms with Gasteiger partial charge in [-0.15, -0.1) is 0 Å². The maximum absolute atomic E-state index is 13.1. The molecule has 6 nitrogen and oxygen atoms in total. The molecule has 1 aliphatic heterocycles. The number of nitro benzene ring substituents is 1. The molecule has 0 radical (unpaired) electrons. The molecule has 0 spiro atoms. The van der Waals surface area contributed by atoms with E-state index >= 15 is 0 Å². The first kappa shape index (κ1) is 16.4. The molecule has 3 fully saturated rings. The Labute approximate surface area is 156 Å². The topological polar surface area (TPSA) is 80.5 Å². The minimum absolute atomic E-state index is 0.0487. The van der Waals surface area contributed by atoms with E-state index in [4.69, 9.17) is 0 Å². The molecular formula is C21H20N2O4. The Balaban J connectivity index is 1.48. The number of amides is 2. The second-order valence-corrected chi connectivity index (χ2v) is 7.89. The van der Waals surface area contributed by atoms with Crippen LogP contribution < -0.4 is 4.90 Å². The van der Waals surface area contributed by atoms with Crippen molar-refractivity contribution in [3.63, 3.8) is 0 Å². The van der Waals surface area contributed by atoms with E-state index in [1.165, 1.54) is 59.6 Å². The Kier molecular flexibility index (Phi) is 3.57. The van der Waals surface area contributed by atoms with Crippen LogP contribution in [-0.4, -0.2) is 16.7 Å². The molecular weight excluding hydrogens is 344 g/mol. The average molecular weight is 364 g/mol. The first-order chi connectivity index (χ1) is 13.1. The Morgan fingerprint density at radius 2 is 1.44 bits per heavy atom. The summed E-state index contributed by atoms with van der Waals surface area (Å²) in [7, 11) is 0. The molecule has 3 aliphatic carbocycles. The van der Waals surface area contributed by atoms with Gasteiger partial charge in [-0.2, -0.15) is 0 Å². The van der Waals surface area contributed by atoms with Crippen LogP contribution in [-0.2, 0) is 9.59 Å². The van der Waals surface area contributed by atoms with E-state index in [-0.39, 0.29) is 41.2 Å². The van der Waals surface area contributed by atoms with Crippen LogP contribution >= 0.6 is 0 Å². The molecule has 2 bridgehead atoms. The van der Waals surface area contributed by atoms with Gasteiger partial charge in [-0.1, -0.05) is 29.7 Å². The Morgan fingerprint density at radius 1 is 0.889 bits per heavy atom. The number of allylic oxidation sites excluding steroid dienone is 4. The van der Waals surface area contributed by atoms with Crippen molar-refractivity contribution in [3.8, 4) is 0 Å². The van der Waals surface area contributed by atoms with Crippen LogP contribution in [0, 0.1) is 33.8 Å². The highest BCUT2D eigenvalue weighted by Gasteiger charge is 2.62. The zero-order valence-electron chi connectivity index (χ0n) is 14.8. The number of nitrogens with zero attached hydrogens (tertiary/aromatic N) is 2. The summed E-state index contributed by atoms with van der Waals surface area (Å²) in [5, 5.41) is 10.8. The van der Waals surface area contributed by atoms with E-state index < -0.39 is 4.92 Å². The van der Waals surface area contributed by atoms with Gasteiger partial charge in [-0.3, -0.25) is 19.7 Å². The molecule has 2 saturated carbocycles. The molecule has 0 aromatic heterocycles. The fourth-order valence-electron chi connectivity index (χ4n) is 5.48. The van der Waals surface area contributed by atoms with Crippen LogP contribution in [0.2, 0.25) is 0 Å². The minimum Gasteiger partial charge on any atom is -0.274 e. The van der Waals surface area contributed by atoms with Gasteiger partial charge in [0.2, 0.25) is 11.8 Å². The number of carbonyl (C=O) groups is 2. The molecule has 27 heavy (non-hydrogen) atoms. The summed E-state index contributed by atoms with van der Waals surface area (Å²) >= 11 is 0. The van der Waals surface area contributed by atoms with Gasteiger partial charge in [0.15, 0.2) is 0 Å². The van der Waals surface area contributed by atoms with Crippen LogP contribution in [0.5, 0.6) is 0 Å². The summed E-state index contributed by atoms with van der Waals surface area (Å²) in [6, 6.07) is 5.66. The number of carbonyl (C=O) groups excluding carboxylic acids is 2. The number of non-ortho nitro benzene ring substituents is 1. The molecule has 1 aromatic rings. The van der Waals surface area contributed by atoms with Gasteiger partial charge in [-0.25, -0.2) is 4.90 Å². The third-order valence-corrected chi connectivity index (χ3v) is 6.60. The van der Waals surface area contributed by atoms with Crippen molar-refractivity contribution in [2.75, 3.05) is 4.90 Å². The fraction of sp³-hybridized carbons (Fsp3) is 0.429. The predicted octanol–water partition coefficient (Wildman–Crippen LogP) is 3.78. The molecule has 1 saturated heterocycles. The molecule has 0 unspecified atom stereocenters.